The summed E-state index contributed by atoms with van der Waals surface area (Å²) < 4.78 is 10.8. The first-order valence-electron chi connectivity index (χ1n) is 8.11. The molecule has 132 valence electrons. The normalized spacial score (nSPS) is 14.8. The smallest absolute Gasteiger partial charge is 0.437 e. The highest BCUT2D eigenvalue weighted by molar-refractivity contribution is 5.80. The number of ether oxygens (including phenoxy) is 1. The van der Waals surface area contributed by atoms with Gasteiger partial charge in [-0.25, -0.2) is 4.79 Å². The van der Waals surface area contributed by atoms with E-state index in [9.17, 15) is 14.4 Å². The molecule has 1 atom stereocenters. The fraction of sp³-hybridized carbons (Fsp3) is 0.412. The molecule has 2 aromatic rings. The lowest BCUT2D eigenvalue weighted by atomic mass is 10.2. The number of benzene rings is 1. The number of carbonyl (C=O) groups is 2. The summed E-state index contributed by atoms with van der Waals surface area (Å²) in [5.41, 5.74) is 0.625. The molecule has 1 N–H and O–H groups in total. The van der Waals surface area contributed by atoms with Crippen molar-refractivity contribution in [3.05, 3.63) is 40.9 Å². The lowest BCUT2D eigenvalue weighted by Crippen LogP contribution is -2.37. The molecular weight excluding hydrogens is 326 g/mol. The number of esters is 1. The average Bonchev–Trinajstić information content (AvgIpc) is 3.39. The molecule has 1 saturated carbocycles. The van der Waals surface area contributed by atoms with Crippen LogP contribution in [-0.4, -0.2) is 34.3 Å². The van der Waals surface area contributed by atoms with Gasteiger partial charge >= 0.3 is 11.7 Å². The van der Waals surface area contributed by atoms with Crippen molar-refractivity contribution in [1.29, 1.82) is 0 Å². The topological polar surface area (TPSA) is 103 Å². The van der Waals surface area contributed by atoms with Gasteiger partial charge in [-0.1, -0.05) is 18.2 Å². The minimum atomic E-state index is -0.761. The zero-order valence-corrected chi connectivity index (χ0v) is 13.8. The Hall–Kier alpha value is -2.90. The molecule has 25 heavy (non-hydrogen) atoms. The Morgan fingerprint density at radius 1 is 1.36 bits per heavy atom. The molecule has 0 unspecified atom stereocenters. The number of aromatic nitrogens is 2. The predicted molar refractivity (Wildman–Crippen MR) is 87.5 cm³/mol. The van der Waals surface area contributed by atoms with Crippen LogP contribution in [0.3, 0.4) is 0 Å². The van der Waals surface area contributed by atoms with Crippen LogP contribution in [0.4, 0.5) is 0 Å². The summed E-state index contributed by atoms with van der Waals surface area (Å²) in [5, 5.41) is 6.74. The molecule has 8 nitrogen and oxygen atoms in total. The van der Waals surface area contributed by atoms with Crippen molar-refractivity contribution in [3.8, 4) is 11.5 Å². The van der Waals surface area contributed by atoms with Crippen molar-refractivity contribution in [3.63, 3.8) is 0 Å². The summed E-state index contributed by atoms with van der Waals surface area (Å²) in [6.07, 6.45) is 2.22. The van der Waals surface area contributed by atoms with Gasteiger partial charge in [-0.05, 0) is 37.8 Å². The van der Waals surface area contributed by atoms with Crippen molar-refractivity contribution < 1.29 is 18.7 Å². The fourth-order valence-electron chi connectivity index (χ4n) is 2.43. The molecule has 1 aliphatic carbocycles. The Labute approximate surface area is 143 Å². The van der Waals surface area contributed by atoms with Crippen LogP contribution in [0.25, 0.3) is 11.5 Å². The second-order valence-corrected chi connectivity index (χ2v) is 6.05. The van der Waals surface area contributed by atoms with Crippen molar-refractivity contribution >= 4 is 11.9 Å². The van der Waals surface area contributed by atoms with Crippen LogP contribution in [0.5, 0.6) is 0 Å². The molecule has 1 heterocycles. The largest absolute Gasteiger partial charge is 0.454 e. The van der Waals surface area contributed by atoms with Crippen LogP contribution >= 0.6 is 0 Å². The highest BCUT2D eigenvalue weighted by Crippen LogP contribution is 2.32. The standard InChI is InChI=1S/C17H19N3O5/c1-11(12-7-8-12)18-14(21)10-24-15(22)9-20-17(23)25-16(19-20)13-5-3-2-4-6-13/h2-6,11-12H,7-10H2,1H3,(H,18,21)/t11-/m1/s1. The van der Waals surface area contributed by atoms with Gasteiger partial charge in [0, 0.05) is 11.6 Å². The molecule has 1 aliphatic rings. The predicted octanol–water partition coefficient (Wildman–Crippen LogP) is 0.961. The molecule has 3 rings (SSSR count). The SMILES string of the molecule is C[C@@H](NC(=O)COC(=O)Cn1nc(-c2ccccc2)oc1=O)C1CC1. The van der Waals surface area contributed by atoms with Crippen molar-refractivity contribution in [2.45, 2.75) is 32.4 Å². The lowest BCUT2D eigenvalue weighted by molar-refractivity contribution is -0.149. The first-order valence-corrected chi connectivity index (χ1v) is 8.11. The number of amides is 1. The second kappa shape index (κ2) is 7.33. The Balaban J connectivity index is 1.52. The van der Waals surface area contributed by atoms with E-state index in [0.717, 1.165) is 17.5 Å². The molecule has 1 fully saturated rings. The highest BCUT2D eigenvalue weighted by atomic mass is 16.5. The van der Waals surface area contributed by atoms with Gasteiger partial charge in [0.05, 0.1) is 0 Å². The Morgan fingerprint density at radius 2 is 2.08 bits per heavy atom. The van der Waals surface area contributed by atoms with E-state index in [0.29, 0.717) is 11.5 Å². The Kier molecular flexibility index (Phi) is 4.97. The number of hydrogen-bond donors (Lipinski definition) is 1. The number of rotatable bonds is 7. The lowest BCUT2D eigenvalue weighted by Gasteiger charge is -2.12. The van der Waals surface area contributed by atoms with Crippen LogP contribution in [0.15, 0.2) is 39.5 Å². The van der Waals surface area contributed by atoms with E-state index in [2.05, 4.69) is 10.4 Å². The summed E-state index contributed by atoms with van der Waals surface area (Å²) >= 11 is 0. The van der Waals surface area contributed by atoms with E-state index in [1.807, 2.05) is 13.0 Å². The number of carbonyl (C=O) groups excluding carboxylic acids is 2. The van der Waals surface area contributed by atoms with Gasteiger partial charge in [-0.2, -0.15) is 4.68 Å². The summed E-state index contributed by atoms with van der Waals surface area (Å²) in [7, 11) is 0. The van der Waals surface area contributed by atoms with E-state index in [-0.39, 0.29) is 24.4 Å². The van der Waals surface area contributed by atoms with Gasteiger partial charge in [-0.15, -0.1) is 5.10 Å². The van der Waals surface area contributed by atoms with Gasteiger partial charge in [-0.3, -0.25) is 9.59 Å². The third-order valence-corrected chi connectivity index (χ3v) is 3.99. The van der Waals surface area contributed by atoms with Crippen LogP contribution in [0.1, 0.15) is 19.8 Å². The summed E-state index contributed by atoms with van der Waals surface area (Å²) in [6, 6.07) is 8.94. The number of nitrogens with zero attached hydrogens (tertiary/aromatic N) is 2. The Bertz CT molecular complexity index is 807. The third kappa shape index (κ3) is 4.56. The minimum Gasteiger partial charge on any atom is -0.454 e. The number of nitrogens with one attached hydrogen (secondary N) is 1. The maximum absolute atomic E-state index is 11.8. The summed E-state index contributed by atoms with van der Waals surface area (Å²) in [4.78, 5) is 35.3. The van der Waals surface area contributed by atoms with Crippen LogP contribution < -0.4 is 11.1 Å². The van der Waals surface area contributed by atoms with Gasteiger partial charge in [0.25, 0.3) is 5.91 Å². The number of hydrogen-bond acceptors (Lipinski definition) is 6. The molecule has 1 aromatic heterocycles. The van der Waals surface area contributed by atoms with Crippen molar-refractivity contribution in [2.24, 2.45) is 5.92 Å². The van der Waals surface area contributed by atoms with E-state index in [1.165, 1.54) is 0 Å². The van der Waals surface area contributed by atoms with E-state index in [1.54, 1.807) is 24.3 Å². The maximum atomic E-state index is 11.8. The first-order chi connectivity index (χ1) is 12.0. The zero-order valence-electron chi connectivity index (χ0n) is 13.8. The van der Waals surface area contributed by atoms with Crippen LogP contribution in [0, 0.1) is 5.92 Å². The average molecular weight is 345 g/mol. The first kappa shape index (κ1) is 16.9. The van der Waals surface area contributed by atoms with Crippen molar-refractivity contribution in [1.82, 2.24) is 15.1 Å². The molecular formula is C17H19N3O5. The monoisotopic (exact) mass is 345 g/mol. The fourth-order valence-corrected chi connectivity index (χ4v) is 2.43. The van der Waals surface area contributed by atoms with Gasteiger partial charge in [0.1, 0.15) is 6.54 Å². The van der Waals surface area contributed by atoms with E-state index < -0.39 is 18.3 Å². The zero-order chi connectivity index (χ0) is 17.8. The molecule has 8 heteroatoms. The minimum absolute atomic E-state index is 0.0813. The van der Waals surface area contributed by atoms with Gasteiger partial charge in [0.2, 0.25) is 5.89 Å². The summed E-state index contributed by atoms with van der Waals surface area (Å²) in [6.45, 7) is 1.13. The van der Waals surface area contributed by atoms with E-state index in [4.69, 9.17) is 9.15 Å². The third-order valence-electron chi connectivity index (χ3n) is 3.99. The molecule has 1 amide bonds. The van der Waals surface area contributed by atoms with Gasteiger partial charge in [0.15, 0.2) is 6.61 Å². The van der Waals surface area contributed by atoms with E-state index >= 15 is 0 Å². The van der Waals surface area contributed by atoms with Gasteiger partial charge < -0.3 is 14.5 Å². The van der Waals surface area contributed by atoms with Crippen LogP contribution in [-0.2, 0) is 20.9 Å². The second-order valence-electron chi connectivity index (χ2n) is 6.05. The molecule has 0 spiro atoms. The highest BCUT2D eigenvalue weighted by Gasteiger charge is 2.29. The molecule has 0 aliphatic heterocycles. The summed E-state index contributed by atoms with van der Waals surface area (Å²) in [5.74, 6) is -1.21. The molecule has 1 aromatic carbocycles. The quantitative estimate of drug-likeness (QED) is 0.750. The molecule has 0 bridgehead atoms. The Morgan fingerprint density at radius 3 is 2.76 bits per heavy atom. The molecule has 0 saturated heterocycles. The maximum Gasteiger partial charge on any atom is 0.437 e. The van der Waals surface area contributed by atoms with Crippen LogP contribution in [0.2, 0.25) is 0 Å². The van der Waals surface area contributed by atoms with Crippen molar-refractivity contribution in [2.75, 3.05) is 6.61 Å². The molecule has 0 radical (unpaired) electrons.